The summed E-state index contributed by atoms with van der Waals surface area (Å²) in [6.07, 6.45) is 0. The summed E-state index contributed by atoms with van der Waals surface area (Å²) in [5, 5.41) is 0.514. The first-order valence-electron chi connectivity index (χ1n) is 9.89. The van der Waals surface area contributed by atoms with Crippen LogP contribution in [0, 0.1) is 3.57 Å². The van der Waals surface area contributed by atoms with E-state index in [1.165, 1.54) is 0 Å². The van der Waals surface area contributed by atoms with Crippen molar-refractivity contribution in [1.82, 2.24) is 9.80 Å². The van der Waals surface area contributed by atoms with Gasteiger partial charge in [0.25, 0.3) is 5.91 Å². The van der Waals surface area contributed by atoms with Gasteiger partial charge in [-0.2, -0.15) is 0 Å². The van der Waals surface area contributed by atoms with Crippen LogP contribution in [0.4, 0.5) is 0 Å². The van der Waals surface area contributed by atoms with Gasteiger partial charge in [0, 0.05) is 16.7 Å². The molecule has 1 amide bonds. The van der Waals surface area contributed by atoms with Gasteiger partial charge >= 0.3 is 0 Å². The highest BCUT2D eigenvalue weighted by molar-refractivity contribution is 14.1. The average Bonchev–Trinajstić information content (AvgIpc) is 3.02. The maximum absolute atomic E-state index is 13.4. The molecule has 0 saturated heterocycles. The molecular weight excluding hydrogens is 479 g/mol. The minimum atomic E-state index is -0.425. The third-order valence-corrected chi connectivity index (χ3v) is 6.33. The number of hydrogen-bond acceptors (Lipinski definition) is 4. The molecule has 5 nitrogen and oxygen atoms in total. The molecule has 0 saturated carbocycles. The molecule has 29 heavy (non-hydrogen) atoms. The first-order chi connectivity index (χ1) is 14.0. The normalized spacial score (nSPS) is 16.1. The molecule has 1 aromatic heterocycles. The number of halogens is 1. The molecule has 0 N–H and O–H groups in total. The van der Waals surface area contributed by atoms with Gasteiger partial charge in [0.15, 0.2) is 5.43 Å². The fourth-order valence-electron chi connectivity index (χ4n) is 3.98. The summed E-state index contributed by atoms with van der Waals surface area (Å²) >= 11 is 2.26. The van der Waals surface area contributed by atoms with Crippen molar-refractivity contribution < 1.29 is 9.21 Å². The summed E-state index contributed by atoms with van der Waals surface area (Å²) in [6.45, 7) is 7.34. The zero-order valence-electron chi connectivity index (χ0n) is 16.5. The van der Waals surface area contributed by atoms with Crippen molar-refractivity contribution in [1.29, 1.82) is 0 Å². The second-order valence-electron chi connectivity index (χ2n) is 7.15. The van der Waals surface area contributed by atoms with E-state index in [0.717, 1.165) is 28.8 Å². The van der Waals surface area contributed by atoms with Crippen molar-refractivity contribution >= 4 is 39.5 Å². The summed E-state index contributed by atoms with van der Waals surface area (Å²) < 4.78 is 7.06. The lowest BCUT2D eigenvalue weighted by molar-refractivity contribution is 0.0708. The van der Waals surface area contributed by atoms with Gasteiger partial charge in [-0.3, -0.25) is 9.59 Å². The van der Waals surface area contributed by atoms with Crippen LogP contribution in [0.1, 0.15) is 41.6 Å². The topological polar surface area (TPSA) is 53.8 Å². The highest BCUT2D eigenvalue weighted by atomic mass is 127. The zero-order valence-corrected chi connectivity index (χ0v) is 18.7. The van der Waals surface area contributed by atoms with E-state index in [4.69, 9.17) is 4.42 Å². The lowest BCUT2D eigenvalue weighted by atomic mass is 9.98. The molecule has 0 aliphatic carbocycles. The summed E-state index contributed by atoms with van der Waals surface area (Å²) in [5.41, 5.74) is 1.72. The number of fused-ring (bicyclic) bond motifs is 2. The summed E-state index contributed by atoms with van der Waals surface area (Å²) in [6, 6.07) is 14.7. The Morgan fingerprint density at radius 1 is 1.03 bits per heavy atom. The molecule has 4 rings (SSSR count). The van der Waals surface area contributed by atoms with Gasteiger partial charge in [0.2, 0.25) is 5.76 Å². The number of amides is 1. The smallest absolute Gasteiger partial charge is 0.290 e. The number of hydrogen-bond donors (Lipinski definition) is 0. The van der Waals surface area contributed by atoms with Gasteiger partial charge in [0.05, 0.1) is 17.0 Å². The summed E-state index contributed by atoms with van der Waals surface area (Å²) in [7, 11) is 0. The highest BCUT2D eigenvalue weighted by Gasteiger charge is 2.42. The third-order valence-electron chi connectivity index (χ3n) is 5.61. The van der Waals surface area contributed by atoms with Crippen LogP contribution < -0.4 is 5.43 Å². The Kier molecular flexibility index (Phi) is 5.74. The Labute approximate surface area is 183 Å². The number of carbonyl (C=O) groups excluding carboxylic acids is 1. The van der Waals surface area contributed by atoms with Crippen LogP contribution in [0.25, 0.3) is 11.0 Å². The van der Waals surface area contributed by atoms with Crippen molar-refractivity contribution in [3.05, 3.63) is 79.2 Å². The average molecular weight is 502 g/mol. The molecule has 0 bridgehead atoms. The molecule has 1 aliphatic heterocycles. The molecule has 1 unspecified atom stereocenters. The number of nitrogens with zero attached hydrogens (tertiary/aromatic N) is 2. The molecule has 0 radical (unpaired) electrons. The van der Waals surface area contributed by atoms with Crippen LogP contribution in [0.2, 0.25) is 0 Å². The largest absolute Gasteiger partial charge is 0.450 e. The molecule has 1 aliphatic rings. The number of para-hydroxylation sites is 1. The highest BCUT2D eigenvalue weighted by Crippen LogP contribution is 2.38. The lowest BCUT2D eigenvalue weighted by Crippen LogP contribution is -2.37. The van der Waals surface area contributed by atoms with E-state index in [2.05, 4.69) is 41.3 Å². The minimum absolute atomic E-state index is 0.121. The predicted molar refractivity (Wildman–Crippen MR) is 122 cm³/mol. The Hall–Kier alpha value is -2.19. The number of rotatable bonds is 6. The Morgan fingerprint density at radius 3 is 2.41 bits per heavy atom. The van der Waals surface area contributed by atoms with E-state index < -0.39 is 6.04 Å². The standard InChI is InChI=1S/C23H23IN2O3/c1-3-25(4-2)13-14-26-20(15-9-11-16(24)12-10-15)19-21(27)17-7-5-6-8-18(17)29-22(19)23(26)28/h5-12,20H,3-4,13-14H2,1-2H3. The van der Waals surface area contributed by atoms with Crippen molar-refractivity contribution in [2.75, 3.05) is 26.2 Å². The van der Waals surface area contributed by atoms with Gasteiger partial charge in [-0.15, -0.1) is 0 Å². The summed E-state index contributed by atoms with van der Waals surface area (Å²) in [4.78, 5) is 30.7. The molecule has 0 fully saturated rings. The van der Waals surface area contributed by atoms with Crippen LogP contribution in [0.3, 0.4) is 0 Å². The van der Waals surface area contributed by atoms with Crippen molar-refractivity contribution in [2.45, 2.75) is 19.9 Å². The van der Waals surface area contributed by atoms with Crippen LogP contribution >= 0.6 is 22.6 Å². The number of carbonyl (C=O) groups is 1. The lowest BCUT2D eigenvalue weighted by Gasteiger charge is -2.28. The predicted octanol–water partition coefficient (Wildman–Crippen LogP) is 4.28. The third kappa shape index (κ3) is 3.59. The van der Waals surface area contributed by atoms with E-state index in [9.17, 15) is 9.59 Å². The molecular formula is C23H23IN2O3. The van der Waals surface area contributed by atoms with Crippen molar-refractivity contribution in [3.8, 4) is 0 Å². The molecule has 2 heterocycles. The maximum Gasteiger partial charge on any atom is 0.290 e. The quantitative estimate of drug-likeness (QED) is 0.473. The minimum Gasteiger partial charge on any atom is -0.450 e. The second-order valence-corrected chi connectivity index (χ2v) is 8.40. The fourth-order valence-corrected chi connectivity index (χ4v) is 4.34. The SMILES string of the molecule is CCN(CC)CCN1C(=O)c2oc3ccccc3c(=O)c2C1c1ccc(I)cc1. The van der Waals surface area contributed by atoms with Gasteiger partial charge in [-0.1, -0.05) is 38.1 Å². The van der Waals surface area contributed by atoms with Crippen LogP contribution in [0.5, 0.6) is 0 Å². The Bertz CT molecular complexity index is 1100. The molecule has 150 valence electrons. The number of likely N-dealkylation sites (N-methyl/N-ethyl adjacent to an activating group) is 1. The van der Waals surface area contributed by atoms with Gasteiger partial charge < -0.3 is 14.2 Å². The monoisotopic (exact) mass is 502 g/mol. The van der Waals surface area contributed by atoms with Crippen molar-refractivity contribution in [3.63, 3.8) is 0 Å². The van der Waals surface area contributed by atoms with Gasteiger partial charge in [0.1, 0.15) is 5.58 Å². The molecule has 1 atom stereocenters. The fraction of sp³-hybridized carbons (Fsp3) is 0.304. The molecule has 2 aromatic carbocycles. The van der Waals surface area contributed by atoms with Crippen LogP contribution in [-0.2, 0) is 0 Å². The Balaban J connectivity index is 1.85. The maximum atomic E-state index is 13.4. The van der Waals surface area contributed by atoms with E-state index in [1.54, 1.807) is 17.0 Å². The number of benzene rings is 2. The van der Waals surface area contributed by atoms with E-state index in [1.807, 2.05) is 36.4 Å². The van der Waals surface area contributed by atoms with Gasteiger partial charge in [-0.05, 0) is 65.5 Å². The van der Waals surface area contributed by atoms with E-state index in [-0.39, 0.29) is 17.1 Å². The Morgan fingerprint density at radius 2 is 1.72 bits per heavy atom. The van der Waals surface area contributed by atoms with Crippen molar-refractivity contribution in [2.24, 2.45) is 0 Å². The first kappa shape index (κ1) is 20.1. The van der Waals surface area contributed by atoms with E-state index in [0.29, 0.717) is 23.1 Å². The first-order valence-corrected chi connectivity index (χ1v) is 11.0. The zero-order chi connectivity index (χ0) is 20.5. The molecule has 6 heteroatoms. The van der Waals surface area contributed by atoms with Crippen LogP contribution in [-0.4, -0.2) is 41.9 Å². The van der Waals surface area contributed by atoms with E-state index >= 15 is 0 Å². The van der Waals surface area contributed by atoms with Crippen LogP contribution in [0.15, 0.2) is 57.7 Å². The molecule has 0 spiro atoms. The summed E-state index contributed by atoms with van der Waals surface area (Å²) in [5.74, 6) is -0.0321. The van der Waals surface area contributed by atoms with Gasteiger partial charge in [-0.25, -0.2) is 0 Å². The molecule has 3 aromatic rings. The second kappa shape index (κ2) is 8.28.